The zero-order valence-corrected chi connectivity index (χ0v) is 25.2. The maximum absolute atomic E-state index is 12.6. The van der Waals surface area contributed by atoms with Gasteiger partial charge in [0.25, 0.3) is 0 Å². The fourth-order valence-corrected chi connectivity index (χ4v) is 3.92. The number of nitrogens with zero attached hydrogens (tertiary/aromatic N) is 1. The number of allylic oxidation sites excluding steroid dienone is 1. The van der Waals surface area contributed by atoms with Gasteiger partial charge >= 0.3 is 0 Å². The molecule has 236 valence electrons. The van der Waals surface area contributed by atoms with Gasteiger partial charge in [-0.1, -0.05) is 18.7 Å². The van der Waals surface area contributed by atoms with E-state index in [2.05, 4.69) is 39.7 Å². The van der Waals surface area contributed by atoms with E-state index in [4.69, 9.17) is 14.2 Å². The molecule has 42 heavy (non-hydrogen) atoms. The molecule has 12 nitrogen and oxygen atoms in total. The maximum Gasteiger partial charge on any atom is 0.224 e. The van der Waals surface area contributed by atoms with E-state index < -0.39 is 0 Å². The Morgan fingerprint density at radius 2 is 1.62 bits per heavy atom. The van der Waals surface area contributed by atoms with E-state index in [9.17, 15) is 19.2 Å². The van der Waals surface area contributed by atoms with Crippen molar-refractivity contribution in [2.75, 3.05) is 71.6 Å². The monoisotopic (exact) mass is 591 g/mol. The first-order valence-electron chi connectivity index (χ1n) is 14.5. The van der Waals surface area contributed by atoms with E-state index in [0.29, 0.717) is 102 Å². The molecule has 0 bridgehead atoms. The molecule has 0 saturated heterocycles. The van der Waals surface area contributed by atoms with E-state index in [1.807, 2.05) is 13.1 Å². The Hall–Kier alpha value is -3.16. The average Bonchev–Trinajstić information content (AvgIpc) is 2.98. The summed E-state index contributed by atoms with van der Waals surface area (Å²) < 4.78 is 16.2. The molecule has 0 spiro atoms. The standard InChI is InChI=1S/C30H49N5O7/c1-25(33-24-38)10-11-26(2)35(3)21-28-27(22-36)7-6-8-29(28)34-30(39)9-4-5-12-31-13-15-40-17-19-42-20-18-41-16-14-32-23-37/h6-8,22-24,26,31H,1,4-5,9-21H2,2-3H3,(H,32,37)(H,33,38)(H,34,39). The number of rotatable bonds is 28. The van der Waals surface area contributed by atoms with Crippen molar-refractivity contribution in [3.63, 3.8) is 0 Å². The Morgan fingerprint density at radius 3 is 2.29 bits per heavy atom. The lowest BCUT2D eigenvalue weighted by molar-refractivity contribution is -0.116. The fourth-order valence-electron chi connectivity index (χ4n) is 3.92. The highest BCUT2D eigenvalue weighted by Crippen LogP contribution is 2.23. The summed E-state index contributed by atoms with van der Waals surface area (Å²) in [6, 6.07) is 5.51. The lowest BCUT2D eigenvalue weighted by Gasteiger charge is -2.26. The minimum absolute atomic E-state index is 0.0856. The number of hydrogen-bond acceptors (Lipinski definition) is 9. The van der Waals surface area contributed by atoms with Gasteiger partial charge in [0.05, 0.1) is 39.6 Å². The molecule has 0 radical (unpaired) electrons. The van der Waals surface area contributed by atoms with Gasteiger partial charge in [-0.15, -0.1) is 0 Å². The predicted molar refractivity (Wildman–Crippen MR) is 162 cm³/mol. The first-order valence-corrected chi connectivity index (χ1v) is 14.5. The van der Waals surface area contributed by atoms with Crippen LogP contribution in [0.25, 0.3) is 0 Å². The van der Waals surface area contributed by atoms with Crippen LogP contribution >= 0.6 is 0 Å². The van der Waals surface area contributed by atoms with Crippen LogP contribution in [-0.2, 0) is 35.1 Å². The van der Waals surface area contributed by atoms with Gasteiger partial charge in [0.1, 0.15) is 6.29 Å². The Kier molecular flexibility index (Phi) is 21.5. The van der Waals surface area contributed by atoms with Crippen molar-refractivity contribution < 1.29 is 33.4 Å². The topological polar surface area (TPSA) is 147 Å². The predicted octanol–water partition coefficient (Wildman–Crippen LogP) is 1.85. The first kappa shape index (κ1) is 36.9. The van der Waals surface area contributed by atoms with Gasteiger partial charge in [0.2, 0.25) is 18.7 Å². The minimum Gasteiger partial charge on any atom is -0.378 e. The summed E-state index contributed by atoms with van der Waals surface area (Å²) in [5.41, 5.74) is 2.64. The molecule has 0 saturated carbocycles. The summed E-state index contributed by atoms with van der Waals surface area (Å²) in [4.78, 5) is 47.2. The molecule has 0 aromatic heterocycles. The van der Waals surface area contributed by atoms with Crippen molar-refractivity contribution in [1.29, 1.82) is 0 Å². The third-order valence-electron chi connectivity index (χ3n) is 6.55. The number of ether oxygens (including phenoxy) is 3. The second kappa shape index (κ2) is 24.4. The molecule has 4 N–H and O–H groups in total. The van der Waals surface area contributed by atoms with E-state index >= 15 is 0 Å². The van der Waals surface area contributed by atoms with Gasteiger partial charge in [0.15, 0.2) is 0 Å². The summed E-state index contributed by atoms with van der Waals surface area (Å²) in [6.07, 6.45) is 5.49. The summed E-state index contributed by atoms with van der Waals surface area (Å²) in [6.45, 7) is 11.4. The highest BCUT2D eigenvalue weighted by Gasteiger charge is 2.16. The molecule has 3 amide bonds. The summed E-state index contributed by atoms with van der Waals surface area (Å²) in [5.74, 6) is -0.0856. The molecule has 1 unspecified atom stereocenters. The second-order valence-corrected chi connectivity index (χ2v) is 9.82. The molecule has 1 aromatic rings. The van der Waals surface area contributed by atoms with Crippen molar-refractivity contribution in [3.8, 4) is 0 Å². The quantitative estimate of drug-likeness (QED) is 0.0847. The molecule has 1 atom stereocenters. The number of aldehydes is 1. The molecule has 0 aliphatic rings. The lowest BCUT2D eigenvalue weighted by atomic mass is 10.0. The van der Waals surface area contributed by atoms with Crippen molar-refractivity contribution in [2.24, 2.45) is 0 Å². The van der Waals surface area contributed by atoms with Gasteiger partial charge in [0, 0.05) is 54.6 Å². The van der Waals surface area contributed by atoms with Crippen molar-refractivity contribution >= 4 is 30.7 Å². The van der Waals surface area contributed by atoms with E-state index in [1.165, 1.54) is 0 Å². The van der Waals surface area contributed by atoms with Gasteiger partial charge in [-0.25, -0.2) is 0 Å². The summed E-state index contributed by atoms with van der Waals surface area (Å²) >= 11 is 0. The summed E-state index contributed by atoms with van der Waals surface area (Å²) in [5, 5.41) is 11.4. The third-order valence-corrected chi connectivity index (χ3v) is 6.55. The van der Waals surface area contributed by atoms with Crippen molar-refractivity contribution in [3.05, 3.63) is 41.6 Å². The van der Waals surface area contributed by atoms with Crippen LogP contribution in [0.15, 0.2) is 30.5 Å². The smallest absolute Gasteiger partial charge is 0.224 e. The number of carbonyl (C=O) groups is 4. The zero-order valence-electron chi connectivity index (χ0n) is 25.2. The summed E-state index contributed by atoms with van der Waals surface area (Å²) in [7, 11) is 1.97. The molecule has 0 aliphatic carbocycles. The number of anilines is 1. The maximum atomic E-state index is 12.6. The van der Waals surface area contributed by atoms with Crippen LogP contribution in [0, 0.1) is 0 Å². The van der Waals surface area contributed by atoms with E-state index in [1.54, 1.807) is 12.1 Å². The Morgan fingerprint density at radius 1 is 0.929 bits per heavy atom. The van der Waals surface area contributed by atoms with Gasteiger partial charge in [-0.05, 0) is 52.3 Å². The average molecular weight is 592 g/mol. The van der Waals surface area contributed by atoms with Crippen LogP contribution < -0.4 is 21.3 Å². The van der Waals surface area contributed by atoms with Crippen molar-refractivity contribution in [2.45, 2.75) is 51.6 Å². The number of amides is 3. The van der Waals surface area contributed by atoms with E-state index in [0.717, 1.165) is 37.7 Å². The Labute approximate surface area is 249 Å². The second-order valence-electron chi connectivity index (χ2n) is 9.82. The molecular formula is C30H49N5O7. The molecule has 0 heterocycles. The number of unbranched alkanes of at least 4 members (excludes halogenated alkanes) is 1. The molecule has 0 fully saturated rings. The van der Waals surface area contributed by atoms with Crippen LogP contribution in [0.5, 0.6) is 0 Å². The SMILES string of the molecule is C=C(CCC(C)N(C)Cc1c(C=O)cccc1NC(=O)CCCCNCCOCCOCCOCCNC=O)NC=O. The normalized spacial score (nSPS) is 11.6. The molecule has 12 heteroatoms. The van der Waals surface area contributed by atoms with Crippen LogP contribution in [0.2, 0.25) is 0 Å². The number of hydrogen-bond donors (Lipinski definition) is 4. The van der Waals surface area contributed by atoms with E-state index in [-0.39, 0.29) is 11.9 Å². The Bertz CT molecular complexity index is 931. The zero-order chi connectivity index (χ0) is 30.8. The Balaban J connectivity index is 2.24. The first-order chi connectivity index (χ1) is 20.4. The van der Waals surface area contributed by atoms with Gasteiger partial charge in [-0.2, -0.15) is 0 Å². The van der Waals surface area contributed by atoms with Crippen LogP contribution in [0.3, 0.4) is 0 Å². The number of benzene rings is 1. The molecule has 1 rings (SSSR count). The fraction of sp³-hybridized carbons (Fsp3) is 0.600. The number of carbonyl (C=O) groups excluding carboxylic acids is 4. The number of nitrogens with one attached hydrogen (secondary N) is 4. The van der Waals surface area contributed by atoms with Crippen molar-refractivity contribution in [1.82, 2.24) is 20.9 Å². The van der Waals surface area contributed by atoms with Crippen LogP contribution in [0.1, 0.15) is 54.9 Å². The minimum atomic E-state index is -0.0856. The largest absolute Gasteiger partial charge is 0.378 e. The van der Waals surface area contributed by atoms with Crippen LogP contribution in [0.4, 0.5) is 5.69 Å². The lowest BCUT2D eigenvalue weighted by Crippen LogP contribution is -2.30. The van der Waals surface area contributed by atoms with Crippen LogP contribution in [-0.4, -0.2) is 102 Å². The van der Waals surface area contributed by atoms with Gasteiger partial charge in [-0.3, -0.25) is 24.1 Å². The third kappa shape index (κ3) is 17.6. The molecule has 0 aliphatic heterocycles. The highest BCUT2D eigenvalue weighted by atomic mass is 16.5. The highest BCUT2D eigenvalue weighted by molar-refractivity contribution is 5.93. The van der Waals surface area contributed by atoms with Gasteiger partial charge < -0.3 is 35.5 Å². The molecular weight excluding hydrogens is 542 g/mol. The molecule has 1 aromatic carbocycles.